The third-order valence-corrected chi connectivity index (χ3v) is 3.66. The zero-order valence-corrected chi connectivity index (χ0v) is 10.3. The molecule has 3 nitrogen and oxygen atoms in total. The summed E-state index contributed by atoms with van der Waals surface area (Å²) < 4.78 is 30.5. The molecule has 1 saturated heterocycles. The van der Waals surface area contributed by atoms with Crippen molar-refractivity contribution in [2.75, 3.05) is 6.54 Å². The molecule has 0 radical (unpaired) electrons. The minimum atomic E-state index is -3.29. The van der Waals surface area contributed by atoms with Crippen LogP contribution in [0.5, 0.6) is 0 Å². The summed E-state index contributed by atoms with van der Waals surface area (Å²) in [5.41, 5.74) is 0.327. The molecule has 2 aliphatic rings. The van der Waals surface area contributed by atoms with Crippen LogP contribution in [-0.4, -0.2) is 30.6 Å². The van der Waals surface area contributed by atoms with Crippen LogP contribution in [0, 0.1) is 5.41 Å². The first-order chi connectivity index (χ1) is 7.78. The van der Waals surface area contributed by atoms with Crippen molar-refractivity contribution in [2.45, 2.75) is 57.6 Å². The molecule has 0 bridgehead atoms. The van der Waals surface area contributed by atoms with E-state index in [1.807, 2.05) is 0 Å². The molecule has 98 valence electrons. The molecule has 17 heavy (non-hydrogen) atoms. The van der Waals surface area contributed by atoms with Gasteiger partial charge in [-0.3, -0.25) is 0 Å². The molecule has 1 aliphatic heterocycles. The Kier molecular flexibility index (Phi) is 3.14. The minimum absolute atomic E-state index is 0.327. The van der Waals surface area contributed by atoms with Crippen LogP contribution in [0.25, 0.3) is 0 Å². The van der Waals surface area contributed by atoms with Gasteiger partial charge in [-0.15, -0.1) is 0 Å². The van der Waals surface area contributed by atoms with E-state index in [2.05, 4.69) is 23.9 Å². The van der Waals surface area contributed by atoms with Crippen LogP contribution in [-0.2, 0) is 9.53 Å². The molecule has 2 atom stereocenters. The first kappa shape index (κ1) is 12.7. The van der Waals surface area contributed by atoms with Crippen molar-refractivity contribution in [1.29, 1.82) is 0 Å². The lowest BCUT2D eigenvalue weighted by molar-refractivity contribution is -0.159. The number of cyclic esters (lactones) is 1. The van der Waals surface area contributed by atoms with E-state index in [9.17, 15) is 13.6 Å². The van der Waals surface area contributed by atoms with Crippen LogP contribution < -0.4 is 5.32 Å². The molecule has 2 rings (SSSR count). The summed E-state index contributed by atoms with van der Waals surface area (Å²) in [5, 5.41) is 3.23. The Morgan fingerprint density at radius 2 is 2.12 bits per heavy atom. The fraction of sp³-hybridized carbons (Fsp3) is 0.917. The van der Waals surface area contributed by atoms with Gasteiger partial charge in [0, 0.05) is 12.6 Å². The van der Waals surface area contributed by atoms with E-state index in [4.69, 9.17) is 0 Å². The van der Waals surface area contributed by atoms with Crippen LogP contribution >= 0.6 is 0 Å². The summed E-state index contributed by atoms with van der Waals surface area (Å²) in [6.45, 7) is 4.75. The second-order valence-corrected chi connectivity index (χ2v) is 5.95. The van der Waals surface area contributed by atoms with E-state index < -0.39 is 24.4 Å². The molecule has 2 unspecified atom stereocenters. The van der Waals surface area contributed by atoms with Crippen molar-refractivity contribution in [3.05, 3.63) is 0 Å². The Morgan fingerprint density at radius 1 is 1.41 bits per heavy atom. The summed E-state index contributed by atoms with van der Waals surface area (Å²) in [6.07, 6.45) is 2.08. The van der Waals surface area contributed by atoms with Crippen molar-refractivity contribution in [3.63, 3.8) is 0 Å². The molecule has 0 amide bonds. The topological polar surface area (TPSA) is 38.3 Å². The van der Waals surface area contributed by atoms with Gasteiger partial charge in [0.1, 0.15) is 6.10 Å². The van der Waals surface area contributed by atoms with Crippen LogP contribution in [0.3, 0.4) is 0 Å². The van der Waals surface area contributed by atoms with Crippen LogP contribution in [0.2, 0.25) is 0 Å². The number of alkyl halides is 2. The Bertz CT molecular complexity index is 318. The molecule has 1 N–H and O–H groups in total. The first-order valence-electron chi connectivity index (χ1n) is 6.11. The molecule has 0 aromatic heterocycles. The zero-order chi connectivity index (χ0) is 12.7. The number of esters is 1. The summed E-state index contributed by atoms with van der Waals surface area (Å²) in [4.78, 5) is 10.8. The van der Waals surface area contributed by atoms with Crippen molar-refractivity contribution in [2.24, 2.45) is 5.41 Å². The van der Waals surface area contributed by atoms with Gasteiger partial charge in [-0.05, 0) is 24.7 Å². The molecule has 2 fully saturated rings. The van der Waals surface area contributed by atoms with Crippen molar-refractivity contribution >= 4 is 5.97 Å². The number of hydrogen-bond acceptors (Lipinski definition) is 3. The third kappa shape index (κ3) is 2.94. The van der Waals surface area contributed by atoms with E-state index in [0.717, 1.165) is 19.3 Å². The lowest BCUT2D eigenvalue weighted by atomic mass is 9.92. The number of carbonyl (C=O) groups excluding carboxylic acids is 1. The monoisotopic (exact) mass is 247 g/mol. The molecule has 0 aromatic rings. The van der Waals surface area contributed by atoms with Crippen LogP contribution in [0.1, 0.15) is 39.5 Å². The Balaban J connectivity index is 1.76. The zero-order valence-electron chi connectivity index (χ0n) is 10.3. The standard InChI is InChI=1S/C12H19F2NO2/c1-11(2)4-3-8(5-11)15-7-9-6-12(13,14)10(16)17-9/h8-9,15H,3-7H2,1-2H3. The average Bonchev–Trinajstić information content (AvgIpc) is 2.65. The molecule has 1 saturated carbocycles. The predicted molar refractivity (Wildman–Crippen MR) is 58.9 cm³/mol. The van der Waals surface area contributed by atoms with Crippen molar-refractivity contribution in [1.82, 2.24) is 5.32 Å². The van der Waals surface area contributed by atoms with E-state index in [1.165, 1.54) is 0 Å². The van der Waals surface area contributed by atoms with Crippen molar-refractivity contribution < 1.29 is 18.3 Å². The van der Waals surface area contributed by atoms with E-state index in [-0.39, 0.29) is 0 Å². The normalized spacial score (nSPS) is 34.9. The number of ether oxygens (including phenoxy) is 1. The maximum atomic E-state index is 12.9. The van der Waals surface area contributed by atoms with Gasteiger partial charge in [0.15, 0.2) is 0 Å². The van der Waals surface area contributed by atoms with E-state index in [1.54, 1.807) is 0 Å². The van der Waals surface area contributed by atoms with Gasteiger partial charge in [0.05, 0.1) is 6.42 Å². The Labute approximate surface area is 99.9 Å². The largest absolute Gasteiger partial charge is 0.456 e. The molecule has 1 heterocycles. The lowest BCUT2D eigenvalue weighted by Crippen LogP contribution is -2.34. The molecular weight excluding hydrogens is 228 g/mol. The smallest absolute Gasteiger partial charge is 0.377 e. The summed E-state index contributed by atoms with van der Waals surface area (Å²) in [5.74, 6) is -4.67. The third-order valence-electron chi connectivity index (χ3n) is 3.66. The molecule has 0 aromatic carbocycles. The molecule has 5 heteroatoms. The van der Waals surface area contributed by atoms with Gasteiger partial charge in [-0.25, -0.2) is 4.79 Å². The van der Waals surface area contributed by atoms with Gasteiger partial charge in [0.2, 0.25) is 0 Å². The second-order valence-electron chi connectivity index (χ2n) is 5.95. The highest BCUT2D eigenvalue weighted by molar-refractivity contribution is 5.79. The highest BCUT2D eigenvalue weighted by atomic mass is 19.3. The van der Waals surface area contributed by atoms with Gasteiger partial charge in [-0.1, -0.05) is 13.8 Å². The fourth-order valence-electron chi connectivity index (χ4n) is 2.67. The minimum Gasteiger partial charge on any atom is -0.456 e. The van der Waals surface area contributed by atoms with E-state index >= 15 is 0 Å². The summed E-state index contributed by atoms with van der Waals surface area (Å²) in [6, 6.07) is 0.359. The predicted octanol–water partition coefficient (Wildman–Crippen LogP) is 2.11. The van der Waals surface area contributed by atoms with Crippen LogP contribution in [0.4, 0.5) is 8.78 Å². The van der Waals surface area contributed by atoms with Gasteiger partial charge in [0.25, 0.3) is 0 Å². The average molecular weight is 247 g/mol. The van der Waals surface area contributed by atoms with Gasteiger partial charge < -0.3 is 10.1 Å². The van der Waals surface area contributed by atoms with Crippen LogP contribution in [0.15, 0.2) is 0 Å². The number of carbonyl (C=O) groups is 1. The number of halogens is 2. The highest BCUT2D eigenvalue weighted by Crippen LogP contribution is 2.37. The SMILES string of the molecule is CC1(C)CCC(NCC2CC(F)(F)C(=O)O2)C1. The van der Waals surface area contributed by atoms with Crippen molar-refractivity contribution in [3.8, 4) is 0 Å². The Hall–Kier alpha value is -0.710. The van der Waals surface area contributed by atoms with Gasteiger partial charge in [-0.2, -0.15) is 8.78 Å². The maximum Gasteiger partial charge on any atom is 0.377 e. The lowest BCUT2D eigenvalue weighted by Gasteiger charge is -2.19. The number of rotatable bonds is 3. The summed E-state index contributed by atoms with van der Waals surface area (Å²) in [7, 11) is 0. The Morgan fingerprint density at radius 3 is 2.59 bits per heavy atom. The maximum absolute atomic E-state index is 12.9. The molecular formula is C12H19F2NO2. The quantitative estimate of drug-likeness (QED) is 0.776. The number of hydrogen-bond donors (Lipinski definition) is 1. The fourth-order valence-corrected chi connectivity index (χ4v) is 2.67. The summed E-state index contributed by atoms with van der Waals surface area (Å²) >= 11 is 0. The molecule has 1 aliphatic carbocycles. The highest BCUT2D eigenvalue weighted by Gasteiger charge is 2.50. The second kappa shape index (κ2) is 4.19. The first-order valence-corrected chi connectivity index (χ1v) is 6.11. The van der Waals surface area contributed by atoms with E-state index in [0.29, 0.717) is 18.0 Å². The van der Waals surface area contributed by atoms with Gasteiger partial charge >= 0.3 is 11.9 Å². The number of nitrogens with one attached hydrogen (secondary N) is 1. The molecule has 0 spiro atoms.